The van der Waals surface area contributed by atoms with E-state index in [-0.39, 0.29) is 10.6 Å². The van der Waals surface area contributed by atoms with Gasteiger partial charge < -0.3 is 9.13 Å². The summed E-state index contributed by atoms with van der Waals surface area (Å²) >= 11 is 0. The molecule has 0 saturated carbocycles. The van der Waals surface area contributed by atoms with Crippen molar-refractivity contribution >= 4 is 10.0 Å². The molecule has 1 aliphatic heterocycles. The van der Waals surface area contributed by atoms with E-state index in [1.165, 1.54) is 22.9 Å². The van der Waals surface area contributed by atoms with Crippen LogP contribution in [0.2, 0.25) is 0 Å². The molecule has 7 nitrogen and oxygen atoms in total. The lowest BCUT2D eigenvalue weighted by Gasteiger charge is -2.18. The van der Waals surface area contributed by atoms with E-state index in [1.54, 1.807) is 28.3 Å². The number of hydrogen-bond acceptors (Lipinski definition) is 4. The first kappa shape index (κ1) is 16.7. The molecule has 0 aromatic carbocycles. The smallest absolute Gasteiger partial charge is 0.262 e. The van der Waals surface area contributed by atoms with Crippen LogP contribution in [0.25, 0.3) is 0 Å². The van der Waals surface area contributed by atoms with Crippen molar-refractivity contribution in [1.82, 2.24) is 18.4 Å². The van der Waals surface area contributed by atoms with Crippen LogP contribution in [-0.4, -0.2) is 39.9 Å². The van der Waals surface area contributed by atoms with E-state index in [0.717, 1.165) is 11.3 Å². The third kappa shape index (κ3) is 2.94. The molecule has 0 fully saturated rings. The quantitative estimate of drug-likeness (QED) is 0.757. The van der Waals surface area contributed by atoms with E-state index < -0.39 is 10.0 Å². The molecule has 24 heavy (non-hydrogen) atoms. The summed E-state index contributed by atoms with van der Waals surface area (Å²) in [6.07, 6.45) is 5.71. The minimum Gasteiger partial charge on any atom is -0.339 e. The van der Waals surface area contributed by atoms with Crippen molar-refractivity contribution in [1.29, 1.82) is 0 Å². The van der Waals surface area contributed by atoms with Gasteiger partial charge in [0.15, 0.2) is 5.03 Å². The summed E-state index contributed by atoms with van der Waals surface area (Å²) in [6, 6.07) is 3.33. The average Bonchev–Trinajstić information content (AvgIpc) is 2.87. The van der Waals surface area contributed by atoms with Crippen LogP contribution in [0.1, 0.15) is 11.3 Å². The van der Waals surface area contributed by atoms with Gasteiger partial charge in [-0.05, 0) is 12.0 Å². The SMILES string of the molecule is C=CCn1c2c(ccc1=O)CCN(S(=O)(=O)c1cn(C)cn1)CC2. The largest absolute Gasteiger partial charge is 0.339 e. The van der Waals surface area contributed by atoms with Gasteiger partial charge in [-0.1, -0.05) is 12.1 Å². The minimum atomic E-state index is -3.62. The average molecular weight is 348 g/mol. The standard InChI is InChI=1S/C16H20N4O3S/c1-3-8-20-14-7-10-19(9-6-13(14)4-5-16(20)21)24(22,23)15-11-18(2)12-17-15/h3-5,11-12H,1,6-10H2,2H3. The molecule has 3 rings (SSSR count). The van der Waals surface area contributed by atoms with Crippen molar-refractivity contribution in [3.05, 3.63) is 58.9 Å². The maximum Gasteiger partial charge on any atom is 0.262 e. The summed E-state index contributed by atoms with van der Waals surface area (Å²) in [5, 5.41) is 0.0550. The van der Waals surface area contributed by atoms with Crippen LogP contribution in [0.3, 0.4) is 0 Å². The number of hydrogen-bond donors (Lipinski definition) is 0. The Balaban J connectivity index is 1.92. The van der Waals surface area contributed by atoms with E-state index in [0.29, 0.717) is 32.5 Å². The highest BCUT2D eigenvalue weighted by Gasteiger charge is 2.29. The molecule has 8 heteroatoms. The number of sulfonamides is 1. The van der Waals surface area contributed by atoms with Gasteiger partial charge in [-0.2, -0.15) is 4.31 Å². The first-order valence-electron chi connectivity index (χ1n) is 7.74. The van der Waals surface area contributed by atoms with Crippen molar-refractivity contribution in [2.45, 2.75) is 24.4 Å². The molecule has 0 atom stereocenters. The first-order chi connectivity index (χ1) is 11.4. The van der Waals surface area contributed by atoms with Crippen molar-refractivity contribution in [2.24, 2.45) is 7.05 Å². The van der Waals surface area contributed by atoms with Gasteiger partial charge in [0, 0.05) is 51.1 Å². The fourth-order valence-corrected chi connectivity index (χ4v) is 4.41. The lowest BCUT2D eigenvalue weighted by Crippen LogP contribution is -2.33. The molecule has 128 valence electrons. The Morgan fingerprint density at radius 1 is 1.29 bits per heavy atom. The van der Waals surface area contributed by atoms with E-state index in [9.17, 15) is 13.2 Å². The highest BCUT2D eigenvalue weighted by molar-refractivity contribution is 7.89. The number of fused-ring (bicyclic) bond motifs is 1. The Morgan fingerprint density at radius 3 is 2.71 bits per heavy atom. The fraction of sp³-hybridized carbons (Fsp3) is 0.375. The predicted octanol–water partition coefficient (Wildman–Crippen LogP) is 0.557. The molecule has 0 saturated heterocycles. The molecule has 3 heterocycles. The number of aromatic nitrogens is 3. The summed E-state index contributed by atoms with van der Waals surface area (Å²) in [5.74, 6) is 0. The van der Waals surface area contributed by atoms with E-state index in [2.05, 4.69) is 11.6 Å². The van der Waals surface area contributed by atoms with Crippen LogP contribution in [-0.2, 0) is 36.5 Å². The van der Waals surface area contributed by atoms with Crippen LogP contribution in [0, 0.1) is 0 Å². The lowest BCUT2D eigenvalue weighted by atomic mass is 10.1. The van der Waals surface area contributed by atoms with Gasteiger partial charge in [-0.25, -0.2) is 13.4 Å². The van der Waals surface area contributed by atoms with Gasteiger partial charge >= 0.3 is 0 Å². The summed E-state index contributed by atoms with van der Waals surface area (Å²) in [7, 11) is -1.89. The highest BCUT2D eigenvalue weighted by Crippen LogP contribution is 2.20. The molecule has 0 aliphatic carbocycles. The van der Waals surface area contributed by atoms with Gasteiger partial charge in [-0.3, -0.25) is 4.79 Å². The summed E-state index contributed by atoms with van der Waals surface area (Å²) in [5.41, 5.74) is 1.81. The number of rotatable bonds is 4. The molecule has 0 radical (unpaired) electrons. The second kappa shape index (κ2) is 6.37. The third-order valence-electron chi connectivity index (χ3n) is 4.22. The second-order valence-corrected chi connectivity index (χ2v) is 7.71. The Morgan fingerprint density at radius 2 is 2.04 bits per heavy atom. The number of allylic oxidation sites excluding steroid dienone is 1. The van der Waals surface area contributed by atoms with Gasteiger partial charge in [0.1, 0.15) is 0 Å². The number of nitrogens with zero attached hydrogens (tertiary/aromatic N) is 4. The Hall–Kier alpha value is -2.19. The zero-order chi connectivity index (χ0) is 17.3. The molecule has 0 bridgehead atoms. The van der Waals surface area contributed by atoms with Crippen molar-refractivity contribution < 1.29 is 8.42 Å². The normalized spacial score (nSPS) is 15.7. The highest BCUT2D eigenvalue weighted by atomic mass is 32.2. The Bertz CT molecular complexity index is 927. The molecular formula is C16H20N4O3S. The van der Waals surface area contributed by atoms with Gasteiger partial charge in [0.2, 0.25) is 0 Å². The Labute approximate surface area is 140 Å². The van der Waals surface area contributed by atoms with Crippen molar-refractivity contribution in [3.8, 4) is 0 Å². The second-order valence-electron chi connectivity index (χ2n) is 5.82. The van der Waals surface area contributed by atoms with Crippen LogP contribution < -0.4 is 5.56 Å². The van der Waals surface area contributed by atoms with E-state index in [1.807, 2.05) is 0 Å². The van der Waals surface area contributed by atoms with E-state index >= 15 is 0 Å². The lowest BCUT2D eigenvalue weighted by molar-refractivity contribution is 0.423. The van der Waals surface area contributed by atoms with Gasteiger partial charge in [-0.15, -0.1) is 6.58 Å². The molecule has 0 N–H and O–H groups in total. The third-order valence-corrected chi connectivity index (χ3v) is 6.00. The van der Waals surface area contributed by atoms with Gasteiger partial charge in [0.25, 0.3) is 15.6 Å². The monoisotopic (exact) mass is 348 g/mol. The molecule has 0 unspecified atom stereocenters. The fourth-order valence-electron chi connectivity index (χ4n) is 3.00. The maximum atomic E-state index is 12.7. The zero-order valence-corrected chi connectivity index (χ0v) is 14.4. The van der Waals surface area contributed by atoms with E-state index in [4.69, 9.17) is 0 Å². The number of pyridine rings is 1. The van der Waals surface area contributed by atoms with Crippen LogP contribution in [0.15, 0.2) is 47.1 Å². The predicted molar refractivity (Wildman–Crippen MR) is 90.3 cm³/mol. The molecule has 0 spiro atoms. The maximum absolute atomic E-state index is 12.7. The van der Waals surface area contributed by atoms with Gasteiger partial charge in [0.05, 0.1) is 6.33 Å². The molecule has 2 aromatic rings. The topological polar surface area (TPSA) is 77.2 Å². The van der Waals surface area contributed by atoms with Crippen molar-refractivity contribution in [2.75, 3.05) is 13.1 Å². The number of imidazole rings is 1. The molecule has 0 amide bonds. The van der Waals surface area contributed by atoms with Crippen LogP contribution >= 0.6 is 0 Å². The van der Waals surface area contributed by atoms with Crippen LogP contribution in [0.4, 0.5) is 0 Å². The number of aryl methyl sites for hydroxylation is 1. The molecular weight excluding hydrogens is 328 g/mol. The van der Waals surface area contributed by atoms with Crippen molar-refractivity contribution in [3.63, 3.8) is 0 Å². The summed E-state index contributed by atoms with van der Waals surface area (Å²) in [4.78, 5) is 16.0. The first-order valence-corrected chi connectivity index (χ1v) is 9.18. The zero-order valence-electron chi connectivity index (χ0n) is 13.6. The summed E-state index contributed by atoms with van der Waals surface area (Å²) in [6.45, 7) is 4.81. The Kier molecular flexibility index (Phi) is 4.42. The molecule has 2 aromatic heterocycles. The minimum absolute atomic E-state index is 0.0550. The summed E-state index contributed by atoms with van der Waals surface area (Å²) < 4.78 is 30.2. The van der Waals surface area contributed by atoms with Crippen LogP contribution in [0.5, 0.6) is 0 Å². The molecule has 1 aliphatic rings.